The van der Waals surface area contributed by atoms with E-state index in [1.165, 1.54) is 11.8 Å². The molecule has 1 unspecified atom stereocenters. The molecule has 0 aliphatic carbocycles. The predicted octanol–water partition coefficient (Wildman–Crippen LogP) is 1.20. The number of hydrogen-bond acceptors (Lipinski definition) is 4. The lowest BCUT2D eigenvalue weighted by atomic mass is 10.4. The molecule has 0 aromatic rings. The number of amidine groups is 1. The van der Waals surface area contributed by atoms with E-state index in [1.54, 1.807) is 0 Å². The fraction of sp³-hybridized carbons (Fsp3) is 0.750. The molecule has 0 rings (SSSR count). The van der Waals surface area contributed by atoms with Crippen molar-refractivity contribution in [2.24, 2.45) is 4.99 Å². The second-order valence-corrected chi connectivity index (χ2v) is 3.15. The van der Waals surface area contributed by atoms with Gasteiger partial charge in [0.05, 0.1) is 12.6 Å². The van der Waals surface area contributed by atoms with Crippen molar-refractivity contribution >= 4 is 16.9 Å². The Morgan fingerprint density at radius 3 is 2.92 bits per heavy atom. The van der Waals surface area contributed by atoms with Crippen molar-refractivity contribution in [3.8, 4) is 6.19 Å². The summed E-state index contributed by atoms with van der Waals surface area (Å²) in [6.45, 7) is 5.18. The summed E-state index contributed by atoms with van der Waals surface area (Å²) < 4.78 is 5.29. The highest BCUT2D eigenvalue weighted by atomic mass is 32.2. The van der Waals surface area contributed by atoms with Crippen molar-refractivity contribution in [1.82, 2.24) is 5.32 Å². The first-order valence-electron chi connectivity index (χ1n) is 4.09. The molecule has 0 aromatic carbocycles. The topological polar surface area (TPSA) is 57.4 Å². The van der Waals surface area contributed by atoms with Crippen molar-refractivity contribution in [1.29, 1.82) is 5.26 Å². The van der Waals surface area contributed by atoms with E-state index in [0.717, 1.165) is 0 Å². The second-order valence-electron chi connectivity index (χ2n) is 2.35. The molecule has 1 atom stereocenters. The van der Waals surface area contributed by atoms with Gasteiger partial charge in [-0.25, -0.2) is 0 Å². The molecular weight excluding hydrogens is 186 g/mol. The number of nitrogens with zero attached hydrogens (tertiary/aromatic N) is 2. The van der Waals surface area contributed by atoms with Gasteiger partial charge in [0, 0.05) is 6.61 Å². The van der Waals surface area contributed by atoms with Crippen LogP contribution in [0.2, 0.25) is 0 Å². The minimum atomic E-state index is 0.104. The van der Waals surface area contributed by atoms with Crippen LogP contribution < -0.4 is 5.32 Å². The van der Waals surface area contributed by atoms with Gasteiger partial charge in [-0.05, 0) is 20.1 Å². The third-order valence-corrected chi connectivity index (χ3v) is 1.92. The van der Waals surface area contributed by atoms with Gasteiger partial charge in [-0.2, -0.15) is 5.26 Å². The first-order valence-corrected chi connectivity index (χ1v) is 5.32. The number of aliphatic imine (C=N–C) groups is 1. The Morgan fingerprint density at radius 2 is 2.46 bits per heavy atom. The molecule has 0 bridgehead atoms. The van der Waals surface area contributed by atoms with Crippen LogP contribution in [0.25, 0.3) is 0 Å². The number of nitrogens with one attached hydrogen (secondary N) is 1. The number of ether oxygens (including phenoxy) is 1. The summed E-state index contributed by atoms with van der Waals surface area (Å²) in [7, 11) is 0. The molecular formula is C8H15N3OS. The Bertz CT molecular complexity index is 200. The average Bonchev–Trinajstić information content (AvgIpc) is 2.12. The summed E-state index contributed by atoms with van der Waals surface area (Å²) >= 11 is 1.42. The van der Waals surface area contributed by atoms with Crippen LogP contribution in [0.5, 0.6) is 0 Å². The van der Waals surface area contributed by atoms with Crippen molar-refractivity contribution in [3.63, 3.8) is 0 Å². The van der Waals surface area contributed by atoms with Crippen LogP contribution in [0, 0.1) is 11.5 Å². The summed E-state index contributed by atoms with van der Waals surface area (Å²) in [4.78, 5) is 4.17. The van der Waals surface area contributed by atoms with Crippen molar-refractivity contribution in [2.45, 2.75) is 20.0 Å². The zero-order valence-electron chi connectivity index (χ0n) is 8.20. The third kappa shape index (κ3) is 6.43. The van der Waals surface area contributed by atoms with Crippen LogP contribution in [-0.4, -0.2) is 30.7 Å². The molecule has 0 heterocycles. The van der Waals surface area contributed by atoms with Crippen molar-refractivity contribution in [3.05, 3.63) is 0 Å². The third-order valence-electron chi connectivity index (χ3n) is 1.30. The molecule has 1 N–H and O–H groups in total. The second kappa shape index (κ2) is 7.90. The van der Waals surface area contributed by atoms with Gasteiger partial charge in [0.15, 0.2) is 11.4 Å². The minimum absolute atomic E-state index is 0.104. The maximum atomic E-state index is 8.35. The normalized spacial score (nSPS) is 13.5. The fourth-order valence-corrected chi connectivity index (χ4v) is 1.10. The quantitative estimate of drug-likeness (QED) is 0.321. The van der Waals surface area contributed by atoms with E-state index in [1.807, 2.05) is 26.3 Å². The molecule has 0 radical (unpaired) electrons. The lowest BCUT2D eigenvalue weighted by molar-refractivity contribution is 0.0830. The molecule has 0 saturated heterocycles. The van der Waals surface area contributed by atoms with Gasteiger partial charge in [-0.1, -0.05) is 11.8 Å². The van der Waals surface area contributed by atoms with E-state index >= 15 is 0 Å². The summed E-state index contributed by atoms with van der Waals surface area (Å²) in [5, 5.41) is 11.5. The molecule has 0 aromatic heterocycles. The monoisotopic (exact) mass is 201 g/mol. The molecule has 13 heavy (non-hydrogen) atoms. The van der Waals surface area contributed by atoms with Crippen LogP contribution >= 0.6 is 11.8 Å². The lowest BCUT2D eigenvalue weighted by Crippen LogP contribution is -2.18. The first-order chi connectivity index (χ1) is 6.24. The SMILES string of the molecule is CCOC(C)CN=C(NC#N)SC. The zero-order chi connectivity index (χ0) is 10.1. The predicted molar refractivity (Wildman–Crippen MR) is 55.7 cm³/mol. The van der Waals surface area contributed by atoms with Crippen molar-refractivity contribution < 1.29 is 4.74 Å². The zero-order valence-corrected chi connectivity index (χ0v) is 9.02. The van der Waals surface area contributed by atoms with Crippen LogP contribution in [0.15, 0.2) is 4.99 Å². The van der Waals surface area contributed by atoms with Gasteiger partial charge in [-0.15, -0.1) is 0 Å². The lowest BCUT2D eigenvalue weighted by Gasteiger charge is -2.08. The molecule has 5 heteroatoms. The fourth-order valence-electron chi connectivity index (χ4n) is 0.752. The molecule has 0 amide bonds. The van der Waals surface area contributed by atoms with E-state index in [9.17, 15) is 0 Å². The van der Waals surface area contributed by atoms with Crippen LogP contribution in [0.3, 0.4) is 0 Å². The number of nitriles is 1. The van der Waals surface area contributed by atoms with Crippen LogP contribution in [-0.2, 0) is 4.74 Å². The van der Waals surface area contributed by atoms with E-state index in [0.29, 0.717) is 18.3 Å². The smallest absolute Gasteiger partial charge is 0.183 e. The van der Waals surface area contributed by atoms with E-state index < -0.39 is 0 Å². The number of thioether (sulfide) groups is 1. The number of hydrogen-bond donors (Lipinski definition) is 1. The Balaban J connectivity index is 3.85. The molecule has 4 nitrogen and oxygen atoms in total. The largest absolute Gasteiger partial charge is 0.377 e. The summed E-state index contributed by atoms with van der Waals surface area (Å²) in [5.41, 5.74) is 0. The molecule has 0 saturated carbocycles. The average molecular weight is 201 g/mol. The van der Waals surface area contributed by atoms with Crippen LogP contribution in [0.1, 0.15) is 13.8 Å². The minimum Gasteiger partial charge on any atom is -0.377 e. The first kappa shape index (κ1) is 12.3. The Kier molecular flexibility index (Phi) is 7.45. The highest BCUT2D eigenvalue weighted by Crippen LogP contribution is 1.97. The van der Waals surface area contributed by atoms with Gasteiger partial charge in [0.2, 0.25) is 0 Å². The maximum absolute atomic E-state index is 8.35. The van der Waals surface area contributed by atoms with Gasteiger partial charge in [0.1, 0.15) is 0 Å². The highest BCUT2D eigenvalue weighted by Gasteiger charge is 2.00. The van der Waals surface area contributed by atoms with Gasteiger partial charge < -0.3 is 4.74 Å². The van der Waals surface area contributed by atoms with E-state index in [-0.39, 0.29) is 6.10 Å². The van der Waals surface area contributed by atoms with Gasteiger partial charge in [-0.3, -0.25) is 10.3 Å². The summed E-state index contributed by atoms with van der Waals surface area (Å²) in [6.07, 6.45) is 3.81. The van der Waals surface area contributed by atoms with E-state index in [4.69, 9.17) is 10.00 Å². The molecule has 0 aliphatic heterocycles. The molecule has 0 spiro atoms. The molecule has 0 fully saturated rings. The van der Waals surface area contributed by atoms with E-state index in [2.05, 4.69) is 10.3 Å². The standard InChI is InChI=1S/C8H15N3OS/c1-4-12-7(2)5-10-8(13-3)11-6-9/h7H,4-5H2,1-3H3,(H,10,11). The van der Waals surface area contributed by atoms with Gasteiger partial charge >= 0.3 is 0 Å². The number of rotatable bonds is 4. The molecule has 0 aliphatic rings. The molecule has 74 valence electrons. The highest BCUT2D eigenvalue weighted by molar-refractivity contribution is 8.13. The Labute approximate surface area is 83.4 Å². The Hall–Kier alpha value is -0.730. The van der Waals surface area contributed by atoms with Crippen molar-refractivity contribution in [2.75, 3.05) is 19.4 Å². The Morgan fingerprint density at radius 1 is 1.77 bits per heavy atom. The van der Waals surface area contributed by atoms with Crippen LogP contribution in [0.4, 0.5) is 0 Å². The maximum Gasteiger partial charge on any atom is 0.183 e. The summed E-state index contributed by atoms with van der Waals surface area (Å²) in [5.74, 6) is 0. The summed E-state index contributed by atoms with van der Waals surface area (Å²) in [6, 6.07) is 0. The van der Waals surface area contributed by atoms with Gasteiger partial charge in [0.25, 0.3) is 0 Å².